The number of aryl methyl sites for hydroxylation is 1. The largest absolute Gasteiger partial charge is 0.367 e. The molecule has 1 N–H and O–H groups in total. The first kappa shape index (κ1) is 14.0. The summed E-state index contributed by atoms with van der Waals surface area (Å²) in [5, 5.41) is 7.80. The topological polar surface area (TPSA) is 55.1 Å². The Bertz CT molecular complexity index is 725. The Labute approximate surface area is 131 Å². The van der Waals surface area contributed by atoms with Crippen molar-refractivity contribution in [3.8, 4) is 0 Å². The number of pyridine rings is 1. The van der Waals surface area contributed by atoms with Gasteiger partial charge in [-0.25, -0.2) is 4.98 Å². The zero-order valence-corrected chi connectivity index (χ0v) is 13.3. The molecular weight excluding hydrogens is 330 g/mol. The van der Waals surface area contributed by atoms with Crippen molar-refractivity contribution in [3.63, 3.8) is 0 Å². The van der Waals surface area contributed by atoms with Crippen LogP contribution in [0.1, 0.15) is 19.0 Å². The molecule has 0 fully saturated rings. The summed E-state index contributed by atoms with van der Waals surface area (Å²) in [7, 11) is 0. The third-order valence-corrected chi connectivity index (χ3v) is 3.87. The molecule has 3 rings (SSSR count). The van der Waals surface area contributed by atoms with Crippen LogP contribution in [0.5, 0.6) is 0 Å². The number of hydrogen-bond donors (Lipinski definition) is 1. The van der Waals surface area contributed by atoms with Crippen molar-refractivity contribution in [2.75, 3.05) is 5.32 Å². The molecule has 5 nitrogen and oxygen atoms in total. The number of hydrogen-bond acceptors (Lipinski definition) is 4. The van der Waals surface area contributed by atoms with Crippen LogP contribution in [-0.4, -0.2) is 25.6 Å². The van der Waals surface area contributed by atoms with Gasteiger partial charge in [-0.2, -0.15) is 9.61 Å². The van der Waals surface area contributed by atoms with Crippen LogP contribution in [0.15, 0.2) is 47.3 Å². The number of rotatable bonds is 5. The van der Waals surface area contributed by atoms with E-state index in [1.165, 1.54) is 0 Å². The number of nitrogens with zero attached hydrogens (tertiary/aromatic N) is 4. The third kappa shape index (κ3) is 3.21. The molecule has 0 aliphatic heterocycles. The van der Waals surface area contributed by atoms with Gasteiger partial charge in [0.05, 0.1) is 10.7 Å². The normalized spacial score (nSPS) is 12.5. The number of fused-ring (bicyclic) bond motifs is 1. The number of halogens is 1. The maximum atomic E-state index is 4.35. The lowest BCUT2D eigenvalue weighted by Gasteiger charge is -2.15. The van der Waals surface area contributed by atoms with E-state index in [2.05, 4.69) is 49.3 Å². The van der Waals surface area contributed by atoms with Crippen LogP contribution < -0.4 is 5.32 Å². The molecule has 0 aliphatic rings. The molecule has 0 spiro atoms. The van der Waals surface area contributed by atoms with Crippen molar-refractivity contribution in [1.82, 2.24) is 19.6 Å². The van der Waals surface area contributed by atoms with Crippen LogP contribution in [0.3, 0.4) is 0 Å². The predicted molar refractivity (Wildman–Crippen MR) is 86.3 cm³/mol. The maximum Gasteiger partial charge on any atom is 0.171 e. The Morgan fingerprint density at radius 2 is 2.14 bits per heavy atom. The molecule has 0 aromatic carbocycles. The van der Waals surface area contributed by atoms with Gasteiger partial charge < -0.3 is 5.32 Å². The van der Waals surface area contributed by atoms with E-state index in [0.717, 1.165) is 34.5 Å². The van der Waals surface area contributed by atoms with Gasteiger partial charge in [0, 0.05) is 24.1 Å². The van der Waals surface area contributed by atoms with E-state index in [1.54, 1.807) is 16.9 Å². The molecule has 6 heteroatoms. The third-order valence-electron chi connectivity index (χ3n) is 3.31. The Balaban J connectivity index is 1.67. The molecule has 3 heterocycles. The SMILES string of the molecule is CC(CCc1ccccn1)Nc1ccnc2c(Br)cnn12. The van der Waals surface area contributed by atoms with Gasteiger partial charge in [0.2, 0.25) is 0 Å². The first-order chi connectivity index (χ1) is 10.2. The molecule has 108 valence electrons. The summed E-state index contributed by atoms with van der Waals surface area (Å²) in [5.74, 6) is 0.944. The lowest BCUT2D eigenvalue weighted by Crippen LogP contribution is -2.18. The molecule has 0 saturated heterocycles. The van der Waals surface area contributed by atoms with Crippen LogP contribution in [0.4, 0.5) is 5.82 Å². The van der Waals surface area contributed by atoms with Crippen LogP contribution in [0.25, 0.3) is 5.65 Å². The quantitative estimate of drug-likeness (QED) is 0.770. The monoisotopic (exact) mass is 345 g/mol. The minimum atomic E-state index is 0.320. The van der Waals surface area contributed by atoms with Gasteiger partial charge in [0.25, 0.3) is 0 Å². The Hall–Kier alpha value is -1.95. The second-order valence-electron chi connectivity index (χ2n) is 4.96. The fourth-order valence-corrected chi connectivity index (χ4v) is 2.57. The van der Waals surface area contributed by atoms with Gasteiger partial charge in [-0.15, -0.1) is 0 Å². The fraction of sp³-hybridized carbons (Fsp3) is 0.267. The highest BCUT2D eigenvalue weighted by Gasteiger charge is 2.09. The lowest BCUT2D eigenvalue weighted by atomic mass is 10.1. The maximum absolute atomic E-state index is 4.35. The van der Waals surface area contributed by atoms with Crippen molar-refractivity contribution in [2.24, 2.45) is 0 Å². The Morgan fingerprint density at radius 1 is 1.24 bits per heavy atom. The van der Waals surface area contributed by atoms with Gasteiger partial charge in [0.1, 0.15) is 5.82 Å². The summed E-state index contributed by atoms with van der Waals surface area (Å²) in [6.07, 6.45) is 7.33. The zero-order chi connectivity index (χ0) is 14.7. The highest BCUT2D eigenvalue weighted by atomic mass is 79.9. The molecule has 1 unspecified atom stereocenters. The summed E-state index contributed by atoms with van der Waals surface area (Å²) in [6, 6.07) is 8.27. The van der Waals surface area contributed by atoms with Crippen molar-refractivity contribution in [1.29, 1.82) is 0 Å². The average molecular weight is 346 g/mol. The van der Waals surface area contributed by atoms with Gasteiger partial charge >= 0.3 is 0 Å². The summed E-state index contributed by atoms with van der Waals surface area (Å²) in [5.41, 5.74) is 1.93. The van der Waals surface area contributed by atoms with E-state index in [-0.39, 0.29) is 0 Å². The van der Waals surface area contributed by atoms with Crippen molar-refractivity contribution < 1.29 is 0 Å². The number of aromatic nitrogens is 4. The molecular formula is C15H16BrN5. The Kier molecular flexibility index (Phi) is 4.15. The van der Waals surface area contributed by atoms with Crippen molar-refractivity contribution in [2.45, 2.75) is 25.8 Å². The van der Waals surface area contributed by atoms with Crippen LogP contribution >= 0.6 is 15.9 Å². The molecule has 0 saturated carbocycles. The number of nitrogens with one attached hydrogen (secondary N) is 1. The lowest BCUT2D eigenvalue weighted by molar-refractivity contribution is 0.688. The molecule has 1 atom stereocenters. The zero-order valence-electron chi connectivity index (χ0n) is 11.7. The summed E-state index contributed by atoms with van der Waals surface area (Å²) in [6.45, 7) is 2.16. The van der Waals surface area contributed by atoms with Crippen LogP contribution in [0, 0.1) is 0 Å². The first-order valence-corrected chi connectivity index (χ1v) is 7.68. The minimum absolute atomic E-state index is 0.320. The molecule has 3 aromatic rings. The van der Waals surface area contributed by atoms with Gasteiger partial charge in [-0.05, 0) is 53.9 Å². The number of anilines is 1. The molecule has 0 bridgehead atoms. The molecule has 0 amide bonds. The highest BCUT2D eigenvalue weighted by Crippen LogP contribution is 2.19. The van der Waals surface area contributed by atoms with Crippen LogP contribution in [0.2, 0.25) is 0 Å². The van der Waals surface area contributed by atoms with Crippen molar-refractivity contribution >= 4 is 27.4 Å². The second kappa shape index (κ2) is 6.22. The summed E-state index contributed by atoms with van der Waals surface area (Å²) in [4.78, 5) is 8.66. The standard InChI is InChI=1S/C15H16BrN5/c1-11(5-6-12-4-2-3-8-17-12)20-14-7-9-18-15-13(16)10-19-21(14)15/h2-4,7-11,20H,5-6H2,1H3. The average Bonchev–Trinajstić information content (AvgIpc) is 2.89. The van der Waals surface area contributed by atoms with E-state index in [1.807, 2.05) is 24.4 Å². The van der Waals surface area contributed by atoms with E-state index < -0.39 is 0 Å². The van der Waals surface area contributed by atoms with Crippen LogP contribution in [-0.2, 0) is 6.42 Å². The molecule has 0 aliphatic carbocycles. The van der Waals surface area contributed by atoms with E-state index >= 15 is 0 Å². The van der Waals surface area contributed by atoms with Crippen molar-refractivity contribution in [3.05, 3.63) is 53.0 Å². The summed E-state index contributed by atoms with van der Waals surface area (Å²) < 4.78 is 2.70. The molecule has 21 heavy (non-hydrogen) atoms. The molecule has 3 aromatic heterocycles. The van der Waals surface area contributed by atoms with Gasteiger partial charge in [-0.1, -0.05) is 6.07 Å². The van der Waals surface area contributed by atoms with E-state index in [0.29, 0.717) is 6.04 Å². The smallest absolute Gasteiger partial charge is 0.171 e. The van der Waals surface area contributed by atoms with Gasteiger partial charge in [0.15, 0.2) is 5.65 Å². The highest BCUT2D eigenvalue weighted by molar-refractivity contribution is 9.10. The van der Waals surface area contributed by atoms with E-state index in [9.17, 15) is 0 Å². The Morgan fingerprint density at radius 3 is 2.95 bits per heavy atom. The second-order valence-corrected chi connectivity index (χ2v) is 5.82. The van der Waals surface area contributed by atoms with Gasteiger partial charge in [-0.3, -0.25) is 4.98 Å². The fourth-order valence-electron chi connectivity index (χ4n) is 2.21. The first-order valence-electron chi connectivity index (χ1n) is 6.89. The predicted octanol–water partition coefficient (Wildman–Crippen LogP) is 3.32. The minimum Gasteiger partial charge on any atom is -0.367 e. The van der Waals surface area contributed by atoms with E-state index in [4.69, 9.17) is 0 Å². The molecule has 0 radical (unpaired) electrons. The summed E-state index contributed by atoms with van der Waals surface area (Å²) >= 11 is 3.45.